The molecule has 0 radical (unpaired) electrons. The monoisotopic (exact) mass is 279 g/mol. The van der Waals surface area contributed by atoms with E-state index in [-0.39, 0.29) is 5.56 Å². The first kappa shape index (κ1) is 10.9. The molecule has 0 atom stereocenters. The summed E-state index contributed by atoms with van der Waals surface area (Å²) in [7, 11) is 0. The van der Waals surface area contributed by atoms with Crippen molar-refractivity contribution in [3.05, 3.63) is 57.2 Å². The van der Waals surface area contributed by atoms with Crippen molar-refractivity contribution in [1.82, 2.24) is 9.55 Å². The van der Waals surface area contributed by atoms with Crippen molar-refractivity contribution < 1.29 is 0 Å². The fourth-order valence-corrected chi connectivity index (χ4v) is 1.77. The summed E-state index contributed by atoms with van der Waals surface area (Å²) in [4.78, 5) is 15.4. The van der Waals surface area contributed by atoms with E-state index >= 15 is 0 Å². The van der Waals surface area contributed by atoms with Gasteiger partial charge in [-0.25, -0.2) is 4.98 Å². The van der Waals surface area contributed by atoms with Crippen molar-refractivity contribution in [3.63, 3.8) is 0 Å². The molecule has 0 aliphatic rings. The summed E-state index contributed by atoms with van der Waals surface area (Å²) in [6, 6.07) is 7.03. The maximum Gasteiger partial charge on any atom is 0.253 e. The summed E-state index contributed by atoms with van der Waals surface area (Å²) in [5.41, 5.74) is 7.33. The summed E-state index contributed by atoms with van der Waals surface area (Å²) in [6.07, 6.45) is 2.98. The van der Waals surface area contributed by atoms with Crippen molar-refractivity contribution in [3.8, 4) is 0 Å². The van der Waals surface area contributed by atoms with E-state index in [0.29, 0.717) is 12.2 Å². The Morgan fingerprint density at radius 2 is 2.19 bits per heavy atom. The number of benzene rings is 1. The van der Waals surface area contributed by atoms with Gasteiger partial charge in [0, 0.05) is 22.4 Å². The second-order valence-corrected chi connectivity index (χ2v) is 4.31. The highest BCUT2D eigenvalue weighted by atomic mass is 79.9. The van der Waals surface area contributed by atoms with Crippen molar-refractivity contribution in [2.24, 2.45) is 0 Å². The molecular weight excluding hydrogens is 270 g/mol. The molecule has 2 rings (SSSR count). The van der Waals surface area contributed by atoms with E-state index in [1.165, 1.54) is 23.2 Å². The van der Waals surface area contributed by atoms with Crippen LogP contribution in [-0.4, -0.2) is 9.55 Å². The lowest BCUT2D eigenvalue weighted by Gasteiger charge is -2.07. The fourth-order valence-electron chi connectivity index (χ4n) is 1.39. The second-order valence-electron chi connectivity index (χ2n) is 3.39. The Labute approximate surface area is 101 Å². The molecule has 0 bridgehead atoms. The van der Waals surface area contributed by atoms with Gasteiger partial charge in [-0.05, 0) is 17.7 Å². The molecule has 2 aromatic rings. The Morgan fingerprint density at radius 1 is 1.38 bits per heavy atom. The number of anilines is 1. The molecule has 0 aliphatic heterocycles. The lowest BCUT2D eigenvalue weighted by molar-refractivity contribution is 0.737. The molecule has 1 aromatic carbocycles. The van der Waals surface area contributed by atoms with Crippen LogP contribution < -0.4 is 11.3 Å². The van der Waals surface area contributed by atoms with Crippen LogP contribution in [0.15, 0.2) is 46.1 Å². The minimum atomic E-state index is -0.0858. The zero-order valence-corrected chi connectivity index (χ0v) is 10.0. The number of rotatable bonds is 2. The van der Waals surface area contributed by atoms with Gasteiger partial charge < -0.3 is 5.73 Å². The molecule has 0 saturated carbocycles. The lowest BCUT2D eigenvalue weighted by Crippen LogP contribution is -2.19. The lowest BCUT2D eigenvalue weighted by atomic mass is 10.2. The molecule has 82 valence electrons. The number of halogens is 1. The molecule has 0 amide bonds. The Balaban J connectivity index is 2.35. The van der Waals surface area contributed by atoms with Crippen LogP contribution in [0.3, 0.4) is 0 Å². The zero-order chi connectivity index (χ0) is 11.5. The van der Waals surface area contributed by atoms with Gasteiger partial charge in [0.15, 0.2) is 0 Å². The first-order chi connectivity index (χ1) is 7.66. The molecular formula is C11H10BrN3O. The van der Waals surface area contributed by atoms with Crippen LogP contribution in [-0.2, 0) is 6.54 Å². The summed E-state index contributed by atoms with van der Waals surface area (Å²) in [5.74, 6) is 0. The SMILES string of the molecule is Nc1cc(Br)ccc1Cn1cnccc1=O. The van der Waals surface area contributed by atoms with Gasteiger partial charge in [-0.3, -0.25) is 9.36 Å². The van der Waals surface area contributed by atoms with Crippen LogP contribution in [0, 0.1) is 0 Å². The average Bonchev–Trinajstić information content (AvgIpc) is 2.25. The number of hydrogen-bond acceptors (Lipinski definition) is 3. The van der Waals surface area contributed by atoms with E-state index in [0.717, 1.165) is 10.0 Å². The van der Waals surface area contributed by atoms with Crippen molar-refractivity contribution in [1.29, 1.82) is 0 Å². The number of nitrogen functional groups attached to an aromatic ring is 1. The third-order valence-corrected chi connectivity index (χ3v) is 2.73. The molecule has 4 nitrogen and oxygen atoms in total. The summed E-state index contributed by atoms with van der Waals surface area (Å²) < 4.78 is 2.44. The first-order valence-electron chi connectivity index (χ1n) is 4.71. The molecule has 1 aromatic heterocycles. The molecule has 16 heavy (non-hydrogen) atoms. The molecule has 0 fully saturated rings. The van der Waals surface area contributed by atoms with Crippen molar-refractivity contribution >= 4 is 21.6 Å². The highest BCUT2D eigenvalue weighted by Crippen LogP contribution is 2.18. The maximum atomic E-state index is 11.5. The predicted molar refractivity (Wildman–Crippen MR) is 66.2 cm³/mol. The van der Waals surface area contributed by atoms with E-state index in [1.54, 1.807) is 0 Å². The van der Waals surface area contributed by atoms with Gasteiger partial charge in [0.25, 0.3) is 5.56 Å². The highest BCUT2D eigenvalue weighted by Gasteiger charge is 2.02. The molecule has 1 heterocycles. The van der Waals surface area contributed by atoms with Gasteiger partial charge in [-0.15, -0.1) is 0 Å². The Bertz CT molecular complexity index is 565. The zero-order valence-electron chi connectivity index (χ0n) is 8.43. The summed E-state index contributed by atoms with van der Waals surface area (Å²) >= 11 is 3.34. The third-order valence-electron chi connectivity index (χ3n) is 2.24. The number of hydrogen-bond donors (Lipinski definition) is 1. The van der Waals surface area contributed by atoms with E-state index in [2.05, 4.69) is 20.9 Å². The topological polar surface area (TPSA) is 60.9 Å². The van der Waals surface area contributed by atoms with Gasteiger partial charge in [0.05, 0.1) is 12.9 Å². The molecule has 0 unspecified atom stereocenters. The van der Waals surface area contributed by atoms with Gasteiger partial charge in [0.2, 0.25) is 0 Å². The Hall–Kier alpha value is -1.62. The number of nitrogens with zero attached hydrogens (tertiary/aromatic N) is 2. The van der Waals surface area contributed by atoms with Crippen LogP contribution in [0.25, 0.3) is 0 Å². The fraction of sp³-hybridized carbons (Fsp3) is 0.0909. The smallest absolute Gasteiger partial charge is 0.253 e. The summed E-state index contributed by atoms with van der Waals surface area (Å²) in [6.45, 7) is 0.436. The molecule has 5 heteroatoms. The quantitative estimate of drug-likeness (QED) is 0.851. The molecule has 0 aliphatic carbocycles. The standard InChI is InChI=1S/C11H10BrN3O/c12-9-2-1-8(10(13)5-9)6-15-7-14-4-3-11(15)16/h1-5,7H,6,13H2. The maximum absolute atomic E-state index is 11.5. The largest absolute Gasteiger partial charge is 0.398 e. The van der Waals surface area contributed by atoms with Crippen molar-refractivity contribution in [2.75, 3.05) is 5.73 Å². The van der Waals surface area contributed by atoms with Gasteiger partial charge in [-0.2, -0.15) is 0 Å². The minimum Gasteiger partial charge on any atom is -0.398 e. The number of nitrogens with two attached hydrogens (primary N) is 1. The van der Waals surface area contributed by atoms with Crippen LogP contribution in [0.5, 0.6) is 0 Å². The van der Waals surface area contributed by atoms with Gasteiger partial charge in [0.1, 0.15) is 0 Å². The molecule has 0 saturated heterocycles. The third kappa shape index (κ3) is 2.30. The average molecular weight is 280 g/mol. The van der Waals surface area contributed by atoms with Crippen LogP contribution in [0.4, 0.5) is 5.69 Å². The first-order valence-corrected chi connectivity index (χ1v) is 5.50. The van der Waals surface area contributed by atoms with Crippen LogP contribution >= 0.6 is 15.9 Å². The summed E-state index contributed by atoms with van der Waals surface area (Å²) in [5, 5.41) is 0. The van der Waals surface area contributed by atoms with E-state index in [1.807, 2.05) is 18.2 Å². The van der Waals surface area contributed by atoms with Crippen molar-refractivity contribution in [2.45, 2.75) is 6.54 Å². The van der Waals surface area contributed by atoms with Gasteiger partial charge >= 0.3 is 0 Å². The molecule has 0 spiro atoms. The van der Waals surface area contributed by atoms with E-state index < -0.39 is 0 Å². The van der Waals surface area contributed by atoms with E-state index in [4.69, 9.17) is 5.73 Å². The highest BCUT2D eigenvalue weighted by molar-refractivity contribution is 9.10. The second kappa shape index (κ2) is 4.49. The Morgan fingerprint density at radius 3 is 2.88 bits per heavy atom. The van der Waals surface area contributed by atoms with Crippen LogP contribution in [0.1, 0.15) is 5.56 Å². The van der Waals surface area contributed by atoms with Gasteiger partial charge in [-0.1, -0.05) is 22.0 Å². The predicted octanol–water partition coefficient (Wildman–Crippen LogP) is 1.64. The van der Waals surface area contributed by atoms with E-state index in [9.17, 15) is 4.79 Å². The normalized spacial score (nSPS) is 10.3. The minimum absolute atomic E-state index is 0.0858. The Kier molecular flexibility index (Phi) is 3.05. The molecule has 2 N–H and O–H groups in total. The number of aromatic nitrogens is 2. The van der Waals surface area contributed by atoms with Crippen LogP contribution in [0.2, 0.25) is 0 Å².